The number of halogens is 6. The maximum absolute atomic E-state index is 13.0. The van der Waals surface area contributed by atoms with Crippen molar-refractivity contribution in [3.05, 3.63) is 57.4 Å². The molecule has 2 aromatic heterocycles. The number of rotatable bonds is 3. The Morgan fingerprint density at radius 1 is 1.03 bits per heavy atom. The fraction of sp³-hybridized carbons (Fsp3) is 0.429. The van der Waals surface area contributed by atoms with Crippen LogP contribution in [0.3, 0.4) is 0 Å². The smallest absolute Gasteiger partial charge is 0.358 e. The molecule has 0 aliphatic heterocycles. The first-order valence-electron chi connectivity index (χ1n) is 9.33. The first kappa shape index (κ1) is 21.7. The molecule has 158 valence electrons. The minimum absolute atomic E-state index is 0.188. The second-order valence-electron chi connectivity index (χ2n) is 7.29. The topological polar surface area (TPSA) is 15.8 Å². The third-order valence-electron chi connectivity index (χ3n) is 4.96. The van der Waals surface area contributed by atoms with E-state index in [2.05, 4.69) is 11.1 Å². The monoisotopic (exact) mass is 433 g/mol. The normalized spacial score (nSPS) is 15.6. The van der Waals surface area contributed by atoms with Crippen LogP contribution in [0.1, 0.15) is 60.2 Å². The van der Waals surface area contributed by atoms with Crippen LogP contribution in [-0.2, 0) is 12.6 Å². The maximum Gasteiger partial charge on any atom is 0.416 e. The highest BCUT2D eigenvalue weighted by Crippen LogP contribution is 2.40. The highest BCUT2D eigenvalue weighted by molar-refractivity contribution is 7.09. The number of thiophene rings is 1. The zero-order valence-corrected chi connectivity index (χ0v) is 16.6. The van der Waals surface area contributed by atoms with Crippen LogP contribution in [0.15, 0.2) is 35.7 Å². The van der Waals surface area contributed by atoms with Gasteiger partial charge >= 0.3 is 12.4 Å². The molecule has 1 fully saturated rings. The molecule has 0 saturated heterocycles. The SMILES string of the molecule is CC(F)(F)F.FC(F)(F)c1ccc2c(Cc3cccs3)c(C3CCCC3)[nH]c2c1. The molecule has 3 aromatic rings. The lowest BCUT2D eigenvalue weighted by Crippen LogP contribution is -2.04. The van der Waals surface area contributed by atoms with E-state index in [0.717, 1.165) is 30.3 Å². The molecule has 1 N–H and O–H groups in total. The number of benzene rings is 1. The molecular weight excluding hydrogens is 412 g/mol. The summed E-state index contributed by atoms with van der Waals surface area (Å²) in [6.45, 7) is 0.188. The third-order valence-corrected chi connectivity index (χ3v) is 5.84. The standard InChI is InChI=1S/C19H18F3NS.C2H3F3/c20-19(21,22)13-7-8-15-16(11-14-6-3-9-24-14)18(23-17(15)10-13)12-4-1-2-5-12;1-2(3,4)5/h3,6-10,12,23H,1-2,4-5,11H2;1H3. The minimum atomic E-state index is -4.30. The first-order chi connectivity index (χ1) is 13.5. The Kier molecular flexibility index (Phi) is 6.31. The molecule has 0 atom stereocenters. The number of alkyl halides is 6. The van der Waals surface area contributed by atoms with Gasteiger partial charge in [0.2, 0.25) is 0 Å². The van der Waals surface area contributed by atoms with Crippen molar-refractivity contribution < 1.29 is 26.3 Å². The summed E-state index contributed by atoms with van der Waals surface area (Å²) in [5.41, 5.74) is 2.35. The van der Waals surface area contributed by atoms with E-state index in [4.69, 9.17) is 0 Å². The summed E-state index contributed by atoms with van der Waals surface area (Å²) in [6, 6.07) is 8.20. The molecule has 0 amide bonds. The van der Waals surface area contributed by atoms with Gasteiger partial charge in [0.15, 0.2) is 0 Å². The molecule has 2 heterocycles. The summed E-state index contributed by atoms with van der Waals surface area (Å²) in [7, 11) is 0. The van der Waals surface area contributed by atoms with E-state index < -0.39 is 17.9 Å². The summed E-state index contributed by atoms with van der Waals surface area (Å²) in [5.74, 6) is 0.446. The van der Waals surface area contributed by atoms with E-state index in [1.54, 1.807) is 17.4 Å². The molecule has 1 aliphatic rings. The van der Waals surface area contributed by atoms with Crippen molar-refractivity contribution in [2.45, 2.75) is 57.3 Å². The average molecular weight is 433 g/mol. The van der Waals surface area contributed by atoms with Crippen LogP contribution in [0, 0.1) is 0 Å². The van der Waals surface area contributed by atoms with Crippen molar-refractivity contribution in [2.24, 2.45) is 0 Å². The van der Waals surface area contributed by atoms with Gasteiger partial charge in [-0.05, 0) is 47.9 Å². The molecule has 1 aliphatic carbocycles. The molecule has 8 heteroatoms. The lowest BCUT2D eigenvalue weighted by molar-refractivity contribution is -0.137. The lowest BCUT2D eigenvalue weighted by atomic mass is 9.96. The van der Waals surface area contributed by atoms with Crippen LogP contribution in [0.2, 0.25) is 0 Å². The quantitative estimate of drug-likeness (QED) is 0.402. The number of H-pyrrole nitrogens is 1. The summed E-state index contributed by atoms with van der Waals surface area (Å²) in [4.78, 5) is 4.58. The van der Waals surface area contributed by atoms with E-state index in [1.165, 1.54) is 35.4 Å². The summed E-state index contributed by atoms with van der Waals surface area (Å²) in [6.07, 6.45) is -2.87. The number of hydrogen-bond donors (Lipinski definition) is 1. The molecule has 1 nitrogen and oxygen atoms in total. The lowest BCUT2D eigenvalue weighted by Gasteiger charge is -2.10. The molecule has 4 rings (SSSR count). The third kappa shape index (κ3) is 5.78. The summed E-state index contributed by atoms with van der Waals surface area (Å²) in [5, 5.41) is 2.97. The van der Waals surface area contributed by atoms with Gasteiger partial charge in [0.1, 0.15) is 0 Å². The van der Waals surface area contributed by atoms with Gasteiger partial charge in [-0.25, -0.2) is 0 Å². The zero-order valence-electron chi connectivity index (χ0n) is 15.8. The minimum Gasteiger partial charge on any atom is -0.358 e. The number of fused-ring (bicyclic) bond motifs is 1. The van der Waals surface area contributed by atoms with Crippen molar-refractivity contribution in [3.8, 4) is 0 Å². The predicted molar refractivity (Wildman–Crippen MR) is 103 cm³/mol. The summed E-state index contributed by atoms with van der Waals surface area (Å²) >= 11 is 1.69. The van der Waals surface area contributed by atoms with Crippen molar-refractivity contribution in [3.63, 3.8) is 0 Å². The molecule has 0 unspecified atom stereocenters. The molecule has 0 spiro atoms. The van der Waals surface area contributed by atoms with Crippen molar-refractivity contribution >= 4 is 22.2 Å². The Morgan fingerprint density at radius 2 is 1.69 bits per heavy atom. The van der Waals surface area contributed by atoms with Crippen LogP contribution in [0.25, 0.3) is 10.9 Å². The van der Waals surface area contributed by atoms with Crippen LogP contribution >= 0.6 is 11.3 Å². The molecule has 1 aromatic carbocycles. The summed E-state index contributed by atoms with van der Waals surface area (Å²) < 4.78 is 70.1. The second-order valence-corrected chi connectivity index (χ2v) is 8.33. The number of nitrogens with one attached hydrogen (secondary N) is 1. The van der Waals surface area contributed by atoms with Crippen molar-refractivity contribution in [1.82, 2.24) is 4.98 Å². The van der Waals surface area contributed by atoms with E-state index in [-0.39, 0.29) is 6.92 Å². The molecular formula is C21H21F6NS. The van der Waals surface area contributed by atoms with Gasteiger partial charge in [-0.15, -0.1) is 11.3 Å². The largest absolute Gasteiger partial charge is 0.416 e. The number of aromatic amines is 1. The van der Waals surface area contributed by atoms with Gasteiger partial charge in [0, 0.05) is 34.8 Å². The van der Waals surface area contributed by atoms with E-state index >= 15 is 0 Å². The Hall–Kier alpha value is -1.96. The van der Waals surface area contributed by atoms with Crippen LogP contribution in [0.4, 0.5) is 26.3 Å². The van der Waals surface area contributed by atoms with Gasteiger partial charge in [-0.2, -0.15) is 26.3 Å². The van der Waals surface area contributed by atoms with Gasteiger partial charge in [-0.1, -0.05) is 25.0 Å². The van der Waals surface area contributed by atoms with Crippen molar-refractivity contribution in [2.75, 3.05) is 0 Å². The fourth-order valence-corrected chi connectivity index (χ4v) is 4.51. The second kappa shape index (κ2) is 8.42. The van der Waals surface area contributed by atoms with Gasteiger partial charge < -0.3 is 4.98 Å². The molecule has 0 bridgehead atoms. The number of hydrogen-bond acceptors (Lipinski definition) is 1. The molecule has 0 radical (unpaired) electrons. The molecule has 29 heavy (non-hydrogen) atoms. The van der Waals surface area contributed by atoms with Gasteiger partial charge in [0.25, 0.3) is 0 Å². The highest BCUT2D eigenvalue weighted by Gasteiger charge is 2.31. The van der Waals surface area contributed by atoms with Gasteiger partial charge in [0.05, 0.1) is 5.56 Å². The van der Waals surface area contributed by atoms with E-state index in [1.807, 2.05) is 11.4 Å². The number of aromatic nitrogens is 1. The van der Waals surface area contributed by atoms with Gasteiger partial charge in [-0.3, -0.25) is 0 Å². The Bertz CT molecular complexity index is 925. The van der Waals surface area contributed by atoms with E-state index in [9.17, 15) is 26.3 Å². The van der Waals surface area contributed by atoms with Crippen LogP contribution in [-0.4, -0.2) is 11.2 Å². The predicted octanol–water partition coefficient (Wildman–Crippen LogP) is 8.07. The first-order valence-corrected chi connectivity index (χ1v) is 10.2. The fourth-order valence-electron chi connectivity index (χ4n) is 3.79. The van der Waals surface area contributed by atoms with Crippen LogP contribution in [0.5, 0.6) is 0 Å². The Labute approximate surface area is 168 Å². The van der Waals surface area contributed by atoms with Crippen LogP contribution < -0.4 is 0 Å². The zero-order chi connectivity index (χ0) is 21.2. The molecule has 1 saturated carbocycles. The Morgan fingerprint density at radius 3 is 2.24 bits per heavy atom. The average Bonchev–Trinajstić information content (AvgIpc) is 3.33. The van der Waals surface area contributed by atoms with Crippen molar-refractivity contribution in [1.29, 1.82) is 0 Å². The highest BCUT2D eigenvalue weighted by atomic mass is 32.1. The maximum atomic E-state index is 13.0. The Balaban J connectivity index is 0.000000431. The van der Waals surface area contributed by atoms with E-state index in [0.29, 0.717) is 11.4 Å².